The summed E-state index contributed by atoms with van der Waals surface area (Å²) in [7, 11) is 0. The number of rotatable bonds is 4. The first-order valence-electron chi connectivity index (χ1n) is 9.00. The molecule has 1 aliphatic rings. The zero-order valence-corrected chi connectivity index (χ0v) is 17.6. The molecule has 0 saturated carbocycles. The van der Waals surface area contributed by atoms with Gasteiger partial charge in [0.15, 0.2) is 0 Å². The third-order valence-corrected chi connectivity index (χ3v) is 5.19. The molecule has 1 heterocycles. The average molecular weight is 478 g/mol. The molecular formula is C21H23IN2O3. The number of hydrogen-bond donors (Lipinski definition) is 1. The molecule has 27 heavy (non-hydrogen) atoms. The lowest BCUT2D eigenvalue weighted by Crippen LogP contribution is -2.48. The Labute approximate surface area is 173 Å². The molecule has 5 nitrogen and oxygen atoms in total. The summed E-state index contributed by atoms with van der Waals surface area (Å²) in [5, 5.41) is 2.91. The molecular weight excluding hydrogens is 455 g/mol. The number of hydrogen-bond acceptors (Lipinski definition) is 3. The summed E-state index contributed by atoms with van der Waals surface area (Å²) >= 11 is 2.21. The summed E-state index contributed by atoms with van der Waals surface area (Å²) in [6.07, 6.45) is 0.0990. The van der Waals surface area contributed by atoms with E-state index in [1.807, 2.05) is 67.3 Å². The van der Waals surface area contributed by atoms with Crippen molar-refractivity contribution in [1.82, 2.24) is 10.2 Å². The van der Waals surface area contributed by atoms with Gasteiger partial charge >= 0.3 is 0 Å². The van der Waals surface area contributed by atoms with Gasteiger partial charge in [-0.25, -0.2) is 0 Å². The number of nitrogens with one attached hydrogen (secondary N) is 1. The normalized spacial score (nSPS) is 19.6. The number of carbonyl (C=O) groups is 2. The highest BCUT2D eigenvalue weighted by atomic mass is 127. The monoisotopic (exact) mass is 478 g/mol. The van der Waals surface area contributed by atoms with Gasteiger partial charge in [0.1, 0.15) is 0 Å². The van der Waals surface area contributed by atoms with Crippen molar-refractivity contribution in [3.63, 3.8) is 0 Å². The Morgan fingerprint density at radius 1 is 1.00 bits per heavy atom. The Morgan fingerprint density at radius 2 is 1.56 bits per heavy atom. The van der Waals surface area contributed by atoms with Crippen LogP contribution in [0.25, 0.3) is 0 Å². The van der Waals surface area contributed by atoms with Gasteiger partial charge in [-0.15, -0.1) is 0 Å². The number of carbonyl (C=O) groups excluding carboxylic acids is 2. The molecule has 1 N–H and O–H groups in total. The van der Waals surface area contributed by atoms with E-state index in [9.17, 15) is 9.59 Å². The fourth-order valence-corrected chi connectivity index (χ4v) is 3.54. The van der Waals surface area contributed by atoms with Crippen LogP contribution in [-0.2, 0) is 11.3 Å². The average Bonchev–Trinajstić information content (AvgIpc) is 2.66. The molecule has 2 atom stereocenters. The molecule has 0 aliphatic carbocycles. The van der Waals surface area contributed by atoms with Crippen LogP contribution in [0, 0.1) is 3.57 Å². The second kappa shape index (κ2) is 8.84. The van der Waals surface area contributed by atoms with Gasteiger partial charge in [0, 0.05) is 34.3 Å². The fraction of sp³-hybridized carbons (Fsp3) is 0.333. The lowest BCUT2D eigenvalue weighted by Gasteiger charge is -2.35. The molecule has 3 rings (SSSR count). The zero-order chi connectivity index (χ0) is 19.4. The first-order chi connectivity index (χ1) is 12.9. The fourth-order valence-electron chi connectivity index (χ4n) is 3.18. The maximum atomic E-state index is 12.7. The van der Waals surface area contributed by atoms with Crippen LogP contribution >= 0.6 is 22.6 Å². The van der Waals surface area contributed by atoms with Crippen LogP contribution < -0.4 is 5.32 Å². The summed E-state index contributed by atoms with van der Waals surface area (Å²) in [5.74, 6) is -0.0886. The van der Waals surface area contributed by atoms with Crippen LogP contribution in [0.4, 0.5) is 0 Å². The Hall–Kier alpha value is -1.93. The van der Waals surface area contributed by atoms with Gasteiger partial charge in [0.2, 0.25) is 0 Å². The lowest BCUT2D eigenvalue weighted by atomic mass is 10.1. The minimum Gasteiger partial charge on any atom is -0.372 e. The minimum absolute atomic E-state index is 0.0199. The van der Waals surface area contributed by atoms with Gasteiger partial charge in [-0.3, -0.25) is 9.59 Å². The second-order valence-corrected chi connectivity index (χ2v) is 8.10. The Bertz CT molecular complexity index is 795. The van der Waals surface area contributed by atoms with Gasteiger partial charge in [-0.05, 0) is 78.4 Å². The van der Waals surface area contributed by atoms with Crippen molar-refractivity contribution in [2.45, 2.75) is 32.6 Å². The van der Waals surface area contributed by atoms with E-state index in [1.165, 1.54) is 0 Å². The Morgan fingerprint density at radius 3 is 2.15 bits per heavy atom. The van der Waals surface area contributed by atoms with Gasteiger partial charge in [0.25, 0.3) is 11.8 Å². The van der Waals surface area contributed by atoms with Crippen molar-refractivity contribution < 1.29 is 14.3 Å². The van der Waals surface area contributed by atoms with Crippen molar-refractivity contribution in [2.24, 2.45) is 0 Å². The Kier molecular flexibility index (Phi) is 6.49. The van der Waals surface area contributed by atoms with Gasteiger partial charge in [-0.2, -0.15) is 0 Å². The number of morpholine rings is 1. The highest BCUT2D eigenvalue weighted by molar-refractivity contribution is 14.1. The molecule has 2 amide bonds. The van der Waals surface area contributed by atoms with Crippen molar-refractivity contribution in [3.8, 4) is 0 Å². The zero-order valence-electron chi connectivity index (χ0n) is 15.4. The SMILES string of the molecule is CC1CN(C(=O)c2ccc(CNC(=O)c3ccc(I)cc3)cc2)CC(C)O1. The van der Waals surface area contributed by atoms with E-state index in [1.54, 1.807) is 0 Å². The summed E-state index contributed by atoms with van der Waals surface area (Å²) in [5.41, 5.74) is 2.25. The maximum absolute atomic E-state index is 12.7. The minimum atomic E-state index is -0.108. The van der Waals surface area contributed by atoms with Crippen LogP contribution in [0.1, 0.15) is 40.1 Å². The molecule has 1 fully saturated rings. The lowest BCUT2D eigenvalue weighted by molar-refractivity contribution is -0.0586. The van der Waals surface area contributed by atoms with E-state index in [2.05, 4.69) is 27.9 Å². The number of benzene rings is 2. The van der Waals surface area contributed by atoms with E-state index in [4.69, 9.17) is 4.74 Å². The van der Waals surface area contributed by atoms with Gasteiger partial charge < -0.3 is 15.0 Å². The molecule has 0 bridgehead atoms. The van der Waals surface area contributed by atoms with E-state index in [-0.39, 0.29) is 24.0 Å². The van der Waals surface area contributed by atoms with Crippen molar-refractivity contribution >= 4 is 34.4 Å². The largest absolute Gasteiger partial charge is 0.372 e. The van der Waals surface area contributed by atoms with E-state index in [0.717, 1.165) is 9.13 Å². The van der Waals surface area contributed by atoms with Crippen LogP contribution in [0.3, 0.4) is 0 Å². The second-order valence-electron chi connectivity index (χ2n) is 6.85. The smallest absolute Gasteiger partial charge is 0.254 e. The topological polar surface area (TPSA) is 58.6 Å². The standard InChI is InChI=1S/C21H23IN2O3/c1-14-12-24(13-15(2)27-14)21(26)18-5-3-16(4-6-18)11-23-20(25)17-7-9-19(22)10-8-17/h3-10,14-15H,11-13H2,1-2H3,(H,23,25). The number of ether oxygens (including phenoxy) is 1. The van der Waals surface area contributed by atoms with Gasteiger partial charge in [0.05, 0.1) is 12.2 Å². The first-order valence-corrected chi connectivity index (χ1v) is 10.1. The van der Waals surface area contributed by atoms with Crippen molar-refractivity contribution in [2.75, 3.05) is 13.1 Å². The van der Waals surface area contributed by atoms with Crippen molar-refractivity contribution in [1.29, 1.82) is 0 Å². The van der Waals surface area contributed by atoms with Crippen LogP contribution in [0.15, 0.2) is 48.5 Å². The third kappa shape index (κ3) is 5.29. The Balaban J connectivity index is 1.57. The molecule has 142 valence electrons. The van der Waals surface area contributed by atoms with Crippen LogP contribution in [-0.4, -0.2) is 42.0 Å². The summed E-state index contributed by atoms with van der Waals surface area (Å²) in [6, 6.07) is 14.8. The number of nitrogens with zero attached hydrogens (tertiary/aromatic N) is 1. The van der Waals surface area contributed by atoms with E-state index < -0.39 is 0 Å². The first kappa shape index (κ1) is 19.8. The highest BCUT2D eigenvalue weighted by Gasteiger charge is 2.26. The molecule has 2 aromatic rings. The molecule has 2 unspecified atom stereocenters. The molecule has 1 aliphatic heterocycles. The number of halogens is 1. The maximum Gasteiger partial charge on any atom is 0.254 e. The van der Waals surface area contributed by atoms with E-state index >= 15 is 0 Å². The molecule has 0 aromatic heterocycles. The molecule has 6 heteroatoms. The summed E-state index contributed by atoms with van der Waals surface area (Å²) in [6.45, 7) is 5.60. The molecule has 0 radical (unpaired) electrons. The summed E-state index contributed by atoms with van der Waals surface area (Å²) < 4.78 is 6.78. The highest BCUT2D eigenvalue weighted by Crippen LogP contribution is 2.15. The van der Waals surface area contributed by atoms with Crippen LogP contribution in [0.5, 0.6) is 0 Å². The third-order valence-electron chi connectivity index (χ3n) is 4.47. The van der Waals surface area contributed by atoms with Crippen molar-refractivity contribution in [3.05, 3.63) is 68.8 Å². The predicted octanol–water partition coefficient (Wildman–Crippen LogP) is 3.47. The molecule has 2 aromatic carbocycles. The summed E-state index contributed by atoms with van der Waals surface area (Å²) in [4.78, 5) is 26.7. The van der Waals surface area contributed by atoms with Gasteiger partial charge in [-0.1, -0.05) is 12.1 Å². The molecule has 0 spiro atoms. The van der Waals surface area contributed by atoms with Crippen LogP contribution in [0.2, 0.25) is 0 Å². The van der Waals surface area contributed by atoms with E-state index in [0.29, 0.717) is 30.8 Å². The number of amides is 2. The molecule has 1 saturated heterocycles. The quantitative estimate of drug-likeness (QED) is 0.685. The predicted molar refractivity (Wildman–Crippen MR) is 113 cm³/mol.